The smallest absolute Gasteiger partial charge is 0.141 e. The first-order valence-corrected chi connectivity index (χ1v) is 8.32. The van der Waals surface area contributed by atoms with Crippen molar-refractivity contribution >= 4 is 0 Å². The standard InChI is InChI=1S/C24H18O2/c25-23(17-15-19-9-3-1-4-10-19)21-13-7-8-14-22(21)24(26)18-16-20-11-5-2-6-12-20/h1-14,23-26H. The third kappa shape index (κ3) is 4.62. The van der Waals surface area contributed by atoms with Gasteiger partial charge in [0.15, 0.2) is 0 Å². The first-order chi connectivity index (χ1) is 12.7. The lowest BCUT2D eigenvalue weighted by atomic mass is 9.98. The second-order valence-electron chi connectivity index (χ2n) is 5.70. The molecule has 0 spiro atoms. The molecule has 0 saturated heterocycles. The van der Waals surface area contributed by atoms with Gasteiger partial charge in [-0.3, -0.25) is 0 Å². The molecule has 0 aliphatic heterocycles. The van der Waals surface area contributed by atoms with Crippen molar-refractivity contribution in [2.75, 3.05) is 0 Å². The maximum atomic E-state index is 10.5. The lowest BCUT2D eigenvalue weighted by Gasteiger charge is -2.12. The molecule has 2 heteroatoms. The third-order valence-corrected chi connectivity index (χ3v) is 3.84. The molecule has 0 aliphatic rings. The van der Waals surface area contributed by atoms with E-state index in [4.69, 9.17) is 0 Å². The molecule has 2 unspecified atom stereocenters. The fourth-order valence-corrected chi connectivity index (χ4v) is 2.51. The van der Waals surface area contributed by atoms with Gasteiger partial charge >= 0.3 is 0 Å². The maximum Gasteiger partial charge on any atom is 0.141 e. The van der Waals surface area contributed by atoms with Gasteiger partial charge in [-0.1, -0.05) is 84.3 Å². The molecule has 3 rings (SSSR count). The summed E-state index contributed by atoms with van der Waals surface area (Å²) in [5.74, 6) is 11.6. The summed E-state index contributed by atoms with van der Waals surface area (Å²) >= 11 is 0. The number of hydrogen-bond donors (Lipinski definition) is 2. The van der Waals surface area contributed by atoms with Crippen LogP contribution in [0, 0.1) is 23.7 Å². The zero-order valence-corrected chi connectivity index (χ0v) is 14.1. The Labute approximate surface area is 153 Å². The first-order valence-electron chi connectivity index (χ1n) is 8.32. The van der Waals surface area contributed by atoms with Crippen LogP contribution in [-0.4, -0.2) is 10.2 Å². The van der Waals surface area contributed by atoms with Crippen LogP contribution in [0.3, 0.4) is 0 Å². The summed E-state index contributed by atoms with van der Waals surface area (Å²) in [6.45, 7) is 0. The van der Waals surface area contributed by atoms with E-state index < -0.39 is 12.2 Å². The molecule has 26 heavy (non-hydrogen) atoms. The van der Waals surface area contributed by atoms with Gasteiger partial charge in [-0.2, -0.15) is 0 Å². The average molecular weight is 338 g/mol. The van der Waals surface area contributed by atoms with Gasteiger partial charge in [-0.25, -0.2) is 0 Å². The predicted octanol–water partition coefficient (Wildman–Crippen LogP) is 3.86. The van der Waals surface area contributed by atoms with Crippen LogP contribution in [0.1, 0.15) is 34.5 Å². The number of aliphatic hydroxyl groups excluding tert-OH is 2. The van der Waals surface area contributed by atoms with E-state index in [1.165, 1.54) is 0 Å². The van der Waals surface area contributed by atoms with Crippen molar-refractivity contribution in [3.8, 4) is 23.7 Å². The first kappa shape index (κ1) is 17.5. The van der Waals surface area contributed by atoms with E-state index in [0.29, 0.717) is 11.1 Å². The zero-order valence-electron chi connectivity index (χ0n) is 14.1. The minimum absolute atomic E-state index is 0.561. The van der Waals surface area contributed by atoms with Crippen LogP contribution < -0.4 is 0 Å². The highest BCUT2D eigenvalue weighted by Gasteiger charge is 2.14. The Hall–Kier alpha value is -3.30. The minimum Gasteiger partial charge on any atom is -0.376 e. The molecule has 0 aromatic heterocycles. The van der Waals surface area contributed by atoms with Crippen molar-refractivity contribution in [2.45, 2.75) is 12.2 Å². The van der Waals surface area contributed by atoms with Crippen molar-refractivity contribution in [3.05, 3.63) is 107 Å². The van der Waals surface area contributed by atoms with E-state index >= 15 is 0 Å². The summed E-state index contributed by atoms with van der Waals surface area (Å²) in [5.41, 5.74) is 2.78. The van der Waals surface area contributed by atoms with Gasteiger partial charge in [0, 0.05) is 11.1 Å². The molecule has 3 aromatic carbocycles. The van der Waals surface area contributed by atoms with Crippen LogP contribution in [0.5, 0.6) is 0 Å². The molecule has 2 nitrogen and oxygen atoms in total. The Balaban J connectivity index is 1.84. The van der Waals surface area contributed by atoms with Crippen LogP contribution in [0.15, 0.2) is 84.9 Å². The molecule has 0 saturated carbocycles. The van der Waals surface area contributed by atoms with E-state index in [1.807, 2.05) is 72.8 Å². The van der Waals surface area contributed by atoms with Crippen LogP contribution in [0.2, 0.25) is 0 Å². The number of benzene rings is 3. The molecule has 126 valence electrons. The molecular weight excluding hydrogens is 320 g/mol. The van der Waals surface area contributed by atoms with Gasteiger partial charge < -0.3 is 10.2 Å². The van der Waals surface area contributed by atoms with Crippen LogP contribution >= 0.6 is 0 Å². The molecular formula is C24H18O2. The van der Waals surface area contributed by atoms with E-state index in [0.717, 1.165) is 11.1 Å². The Bertz CT molecular complexity index is 888. The molecule has 3 aromatic rings. The quantitative estimate of drug-likeness (QED) is 0.697. The zero-order chi connectivity index (χ0) is 18.2. The summed E-state index contributed by atoms with van der Waals surface area (Å²) < 4.78 is 0. The van der Waals surface area contributed by atoms with Crippen LogP contribution in [0.4, 0.5) is 0 Å². The highest BCUT2D eigenvalue weighted by molar-refractivity contribution is 5.43. The fourth-order valence-electron chi connectivity index (χ4n) is 2.51. The maximum absolute atomic E-state index is 10.5. The second kappa shape index (κ2) is 8.70. The molecule has 0 fully saturated rings. The molecule has 0 bridgehead atoms. The van der Waals surface area contributed by atoms with Crippen LogP contribution in [0.25, 0.3) is 0 Å². The van der Waals surface area contributed by atoms with Gasteiger partial charge in [0.1, 0.15) is 12.2 Å². The molecule has 0 amide bonds. The molecule has 0 radical (unpaired) electrons. The largest absolute Gasteiger partial charge is 0.376 e. The summed E-state index contributed by atoms with van der Waals surface area (Å²) in [7, 11) is 0. The SMILES string of the molecule is OC(C#Cc1ccccc1)c1ccccc1C(O)C#Cc1ccccc1. The van der Waals surface area contributed by atoms with Gasteiger partial charge in [-0.15, -0.1) is 0 Å². The Kier molecular flexibility index (Phi) is 5.86. The van der Waals surface area contributed by atoms with Crippen LogP contribution in [-0.2, 0) is 0 Å². The number of hydrogen-bond acceptors (Lipinski definition) is 2. The van der Waals surface area contributed by atoms with Gasteiger partial charge in [0.05, 0.1) is 0 Å². The van der Waals surface area contributed by atoms with E-state index in [-0.39, 0.29) is 0 Å². The molecule has 2 N–H and O–H groups in total. The number of aliphatic hydroxyl groups is 2. The Morgan fingerprint density at radius 2 is 0.846 bits per heavy atom. The van der Waals surface area contributed by atoms with Crippen molar-refractivity contribution in [3.63, 3.8) is 0 Å². The third-order valence-electron chi connectivity index (χ3n) is 3.84. The van der Waals surface area contributed by atoms with E-state index in [1.54, 1.807) is 12.1 Å². The summed E-state index contributed by atoms with van der Waals surface area (Å²) in [4.78, 5) is 0. The number of rotatable bonds is 2. The molecule has 2 atom stereocenters. The normalized spacial score (nSPS) is 12.1. The van der Waals surface area contributed by atoms with E-state index in [2.05, 4.69) is 23.7 Å². The summed E-state index contributed by atoms with van der Waals surface area (Å²) in [5, 5.41) is 20.9. The van der Waals surface area contributed by atoms with Crippen molar-refractivity contribution in [1.29, 1.82) is 0 Å². The lowest BCUT2D eigenvalue weighted by molar-refractivity contribution is 0.215. The summed E-state index contributed by atoms with van der Waals surface area (Å²) in [6.07, 6.45) is -2.00. The Morgan fingerprint density at radius 3 is 1.23 bits per heavy atom. The van der Waals surface area contributed by atoms with Crippen molar-refractivity contribution < 1.29 is 10.2 Å². The lowest BCUT2D eigenvalue weighted by Crippen LogP contribution is -2.04. The molecule has 0 heterocycles. The fraction of sp³-hybridized carbons (Fsp3) is 0.0833. The summed E-state index contributed by atoms with van der Waals surface area (Å²) in [6, 6.07) is 26.1. The highest BCUT2D eigenvalue weighted by Crippen LogP contribution is 2.23. The topological polar surface area (TPSA) is 40.5 Å². The van der Waals surface area contributed by atoms with Gasteiger partial charge in [0.25, 0.3) is 0 Å². The highest BCUT2D eigenvalue weighted by atomic mass is 16.3. The van der Waals surface area contributed by atoms with Gasteiger partial charge in [-0.05, 0) is 35.4 Å². The monoisotopic (exact) mass is 338 g/mol. The average Bonchev–Trinajstić information content (AvgIpc) is 2.72. The van der Waals surface area contributed by atoms with Crippen molar-refractivity contribution in [2.24, 2.45) is 0 Å². The van der Waals surface area contributed by atoms with E-state index in [9.17, 15) is 10.2 Å². The van der Waals surface area contributed by atoms with Crippen molar-refractivity contribution in [1.82, 2.24) is 0 Å². The predicted molar refractivity (Wildman–Crippen MR) is 103 cm³/mol. The molecule has 0 aliphatic carbocycles. The minimum atomic E-state index is -1.00. The Morgan fingerprint density at radius 1 is 0.500 bits per heavy atom. The second-order valence-corrected chi connectivity index (χ2v) is 5.70. The van der Waals surface area contributed by atoms with Gasteiger partial charge in [0.2, 0.25) is 0 Å².